The van der Waals surface area contributed by atoms with Crippen LogP contribution in [-0.4, -0.2) is 58.6 Å². The summed E-state index contributed by atoms with van der Waals surface area (Å²) in [6.07, 6.45) is 6.40. The van der Waals surface area contributed by atoms with Gasteiger partial charge in [-0.05, 0) is 66.2 Å². The largest absolute Gasteiger partial charge is 0.424 e. The van der Waals surface area contributed by atoms with E-state index in [-0.39, 0.29) is 34.5 Å². The Bertz CT molecular complexity index is 2210. The standard InChI is InChI=1S/C37H36Cl2N4O6/c1-17-10-40-32-25(48-19(3)44)5-23-30(28(17)32)21(8-38)12-42(23)27(46)7-35-14-36(16-37(35,36)15-35)34(47)43-13-22(9-39)31-24(43)6-26(49-20(4)45)33-29(31)18(2)11-41-33/h5-6,10-11,21-22,40-41H,7-9,12-16H2,1-4H3. The van der Waals surface area contributed by atoms with Crippen LogP contribution in [-0.2, 0) is 19.2 Å². The van der Waals surface area contributed by atoms with Crippen molar-refractivity contribution in [2.24, 2.45) is 16.2 Å². The van der Waals surface area contributed by atoms with Gasteiger partial charge in [0.25, 0.3) is 0 Å². The van der Waals surface area contributed by atoms with Gasteiger partial charge < -0.3 is 29.2 Å². The van der Waals surface area contributed by atoms with Gasteiger partial charge in [0.15, 0.2) is 11.5 Å². The number of amides is 2. The maximum atomic E-state index is 14.5. The molecule has 0 radical (unpaired) electrons. The van der Waals surface area contributed by atoms with Gasteiger partial charge in [0, 0.05) is 92.3 Å². The molecule has 12 heteroatoms. The second kappa shape index (κ2) is 10.0. The van der Waals surface area contributed by atoms with Crippen molar-refractivity contribution in [3.63, 3.8) is 0 Å². The molecule has 4 heterocycles. The molecule has 5 aliphatic rings. The van der Waals surface area contributed by atoms with Gasteiger partial charge in [-0.15, -0.1) is 23.2 Å². The third kappa shape index (κ3) is 3.90. The predicted molar refractivity (Wildman–Crippen MR) is 186 cm³/mol. The van der Waals surface area contributed by atoms with Crippen molar-refractivity contribution in [3.05, 3.63) is 46.8 Å². The van der Waals surface area contributed by atoms with E-state index >= 15 is 0 Å². The van der Waals surface area contributed by atoms with Gasteiger partial charge in [0.2, 0.25) is 11.8 Å². The molecule has 2 amide bonds. The molecule has 2 aromatic carbocycles. The molecule has 10 nitrogen and oxygen atoms in total. The van der Waals surface area contributed by atoms with E-state index in [1.807, 2.05) is 36.0 Å². The Hall–Kier alpha value is -4.02. The number of halogens is 2. The quantitative estimate of drug-likeness (QED) is 0.125. The van der Waals surface area contributed by atoms with E-state index in [0.717, 1.165) is 68.3 Å². The monoisotopic (exact) mass is 702 g/mol. The molecule has 4 aromatic rings. The van der Waals surface area contributed by atoms with Gasteiger partial charge in [-0.2, -0.15) is 0 Å². The fraction of sp³-hybridized carbons (Fsp3) is 0.459. The van der Waals surface area contributed by atoms with Crippen LogP contribution < -0.4 is 19.3 Å². The van der Waals surface area contributed by atoms with Crippen LogP contribution in [0.25, 0.3) is 21.8 Å². The van der Waals surface area contributed by atoms with Crippen LogP contribution in [0.3, 0.4) is 0 Å². The first kappa shape index (κ1) is 31.0. The van der Waals surface area contributed by atoms with Gasteiger partial charge in [0.1, 0.15) is 0 Å². The molecule has 2 aliphatic heterocycles. The lowest BCUT2D eigenvalue weighted by atomic mass is 9.71. The number of aryl methyl sites for hydroxylation is 2. The van der Waals surface area contributed by atoms with E-state index in [9.17, 15) is 19.2 Å². The van der Waals surface area contributed by atoms with Crippen LogP contribution >= 0.6 is 23.2 Å². The van der Waals surface area contributed by atoms with Crippen molar-refractivity contribution in [1.29, 1.82) is 0 Å². The normalized spacial score (nSPS) is 28.5. The number of nitrogens with one attached hydrogen (secondary N) is 2. The molecule has 9 rings (SSSR count). The second-order valence-electron chi connectivity index (χ2n) is 15.0. The molecule has 3 saturated carbocycles. The van der Waals surface area contributed by atoms with E-state index in [1.165, 1.54) is 13.8 Å². The highest BCUT2D eigenvalue weighted by Gasteiger charge is 2.98. The zero-order chi connectivity index (χ0) is 34.4. The summed E-state index contributed by atoms with van der Waals surface area (Å²) < 4.78 is 11.2. The number of ether oxygens (including phenoxy) is 2. The Morgan fingerprint density at radius 1 is 0.796 bits per heavy atom. The topological polar surface area (TPSA) is 125 Å². The second-order valence-corrected chi connectivity index (χ2v) is 15.6. The van der Waals surface area contributed by atoms with Gasteiger partial charge in [-0.1, -0.05) is 0 Å². The van der Waals surface area contributed by atoms with E-state index in [0.29, 0.717) is 49.2 Å². The molecule has 0 saturated heterocycles. The number of nitrogens with zero attached hydrogens (tertiary/aromatic N) is 2. The Labute approximate surface area is 292 Å². The summed E-state index contributed by atoms with van der Waals surface area (Å²) in [7, 11) is 0. The molecule has 2 aromatic heterocycles. The summed E-state index contributed by atoms with van der Waals surface area (Å²) in [5.41, 5.74) is 6.09. The SMILES string of the molecule is CC(=O)Oc1cc2c(c3c(C)c[nH]c13)C(CCl)CN2C(=O)CC12CC3(C(=O)N4CC(CCl)c5c4cc(OC(C)=O)c4[nH]cc(C)c54)CC13C2. The minimum absolute atomic E-state index is 0.00470. The third-order valence-corrected chi connectivity index (χ3v) is 13.1. The Kier molecular flexibility index (Phi) is 6.35. The number of carbonyl (C=O) groups is 4. The Morgan fingerprint density at radius 2 is 1.31 bits per heavy atom. The average Bonchev–Trinajstić information content (AvgIpc) is 3.47. The number of fused-ring (bicyclic) bond motifs is 6. The van der Waals surface area contributed by atoms with Crippen molar-refractivity contribution >= 4 is 80.1 Å². The minimum atomic E-state index is -0.492. The predicted octanol–water partition coefficient (Wildman–Crippen LogP) is 6.72. The highest BCUT2D eigenvalue weighted by atomic mass is 35.5. The van der Waals surface area contributed by atoms with E-state index in [1.54, 1.807) is 12.1 Å². The van der Waals surface area contributed by atoms with Gasteiger partial charge >= 0.3 is 11.9 Å². The fourth-order valence-corrected chi connectivity index (χ4v) is 10.8. The molecule has 0 bridgehead atoms. The van der Waals surface area contributed by atoms with E-state index in [2.05, 4.69) is 9.97 Å². The zero-order valence-corrected chi connectivity index (χ0v) is 29.2. The van der Waals surface area contributed by atoms with Crippen molar-refractivity contribution in [2.75, 3.05) is 34.6 Å². The molecule has 254 valence electrons. The fourth-order valence-electron chi connectivity index (χ4n) is 10.3. The number of benzene rings is 2. The Morgan fingerprint density at radius 3 is 1.80 bits per heavy atom. The van der Waals surface area contributed by atoms with Crippen LogP contribution in [0.2, 0.25) is 0 Å². The maximum Gasteiger partial charge on any atom is 0.308 e. The van der Waals surface area contributed by atoms with Gasteiger partial charge in [-0.3, -0.25) is 19.2 Å². The number of aromatic nitrogens is 2. The van der Waals surface area contributed by atoms with Crippen molar-refractivity contribution < 1.29 is 28.7 Å². The third-order valence-electron chi connectivity index (χ3n) is 12.4. The molecule has 49 heavy (non-hydrogen) atoms. The molecule has 3 aliphatic carbocycles. The number of carbonyl (C=O) groups excluding carboxylic acids is 4. The highest BCUT2D eigenvalue weighted by molar-refractivity contribution is 6.20. The summed E-state index contributed by atoms with van der Waals surface area (Å²) in [6.45, 7) is 7.64. The van der Waals surface area contributed by atoms with Crippen molar-refractivity contribution in [1.82, 2.24) is 9.97 Å². The van der Waals surface area contributed by atoms with Crippen molar-refractivity contribution in [3.8, 4) is 11.5 Å². The minimum Gasteiger partial charge on any atom is -0.424 e. The maximum absolute atomic E-state index is 14.5. The van der Waals surface area contributed by atoms with Crippen LogP contribution in [0.4, 0.5) is 11.4 Å². The van der Waals surface area contributed by atoms with E-state index < -0.39 is 17.4 Å². The molecule has 5 unspecified atom stereocenters. The summed E-state index contributed by atoms with van der Waals surface area (Å²) >= 11 is 13.0. The highest BCUT2D eigenvalue weighted by Crippen LogP contribution is 3.01. The molecular formula is C37H36Cl2N4O6. The first-order valence-corrected chi connectivity index (χ1v) is 17.9. The number of H-pyrrole nitrogens is 2. The average molecular weight is 704 g/mol. The number of hydrogen-bond donors (Lipinski definition) is 2. The molecular weight excluding hydrogens is 667 g/mol. The Balaban J connectivity index is 0.998. The summed E-state index contributed by atoms with van der Waals surface area (Å²) in [5.74, 6) is 0.594. The number of rotatable bonds is 7. The van der Waals surface area contributed by atoms with Gasteiger partial charge in [-0.25, -0.2) is 0 Å². The number of hydrogen-bond acceptors (Lipinski definition) is 6. The van der Waals surface area contributed by atoms with Crippen LogP contribution in [0.15, 0.2) is 24.5 Å². The number of alkyl halides is 2. The number of anilines is 2. The lowest BCUT2D eigenvalue weighted by Gasteiger charge is -2.36. The first-order chi connectivity index (χ1) is 23.4. The summed E-state index contributed by atoms with van der Waals surface area (Å²) in [4.78, 5) is 62.9. The first-order valence-electron chi connectivity index (χ1n) is 16.8. The molecule has 3 fully saturated rings. The van der Waals surface area contributed by atoms with Crippen LogP contribution in [0, 0.1) is 30.1 Å². The molecule has 5 atom stereocenters. The van der Waals surface area contributed by atoms with Crippen molar-refractivity contribution in [2.45, 2.75) is 65.2 Å². The van der Waals surface area contributed by atoms with E-state index in [4.69, 9.17) is 32.7 Å². The smallest absolute Gasteiger partial charge is 0.308 e. The van der Waals surface area contributed by atoms with Crippen LogP contribution in [0.1, 0.15) is 73.6 Å². The lowest BCUT2D eigenvalue weighted by Crippen LogP contribution is -2.45. The summed E-state index contributed by atoms with van der Waals surface area (Å²) in [6, 6.07) is 3.59. The molecule has 1 spiro atoms. The number of esters is 2. The summed E-state index contributed by atoms with van der Waals surface area (Å²) in [5, 5.41) is 1.89. The molecule has 2 N–H and O–H groups in total. The number of aromatic amines is 2. The lowest BCUT2D eigenvalue weighted by molar-refractivity contribution is -0.132. The van der Waals surface area contributed by atoms with Crippen LogP contribution in [0.5, 0.6) is 11.5 Å². The zero-order valence-electron chi connectivity index (χ0n) is 27.7. The van der Waals surface area contributed by atoms with Gasteiger partial charge in [0.05, 0.1) is 27.8 Å².